The van der Waals surface area contributed by atoms with Gasteiger partial charge in [-0.15, -0.1) is 0 Å². The summed E-state index contributed by atoms with van der Waals surface area (Å²) in [5, 5.41) is 2.32. The van der Waals surface area contributed by atoms with Gasteiger partial charge < -0.3 is 15.0 Å². The molecule has 0 bridgehead atoms. The second-order valence-electron chi connectivity index (χ2n) is 4.98. The average molecular weight is 334 g/mol. The minimum Gasteiger partial charge on any atom is -0.497 e. The summed E-state index contributed by atoms with van der Waals surface area (Å²) >= 11 is 0. The molecule has 0 atom stereocenters. The molecular weight excluding hydrogens is 318 g/mol. The van der Waals surface area contributed by atoms with Gasteiger partial charge in [-0.25, -0.2) is 8.78 Å². The van der Waals surface area contributed by atoms with E-state index in [9.17, 15) is 18.4 Å². The van der Waals surface area contributed by atoms with Crippen molar-refractivity contribution in [2.24, 2.45) is 0 Å². The fourth-order valence-corrected chi connectivity index (χ4v) is 2.09. The molecule has 0 saturated heterocycles. The van der Waals surface area contributed by atoms with Crippen molar-refractivity contribution in [2.75, 3.05) is 23.9 Å². The number of anilines is 2. The number of rotatable bonds is 5. The minimum atomic E-state index is -0.890. The van der Waals surface area contributed by atoms with Crippen LogP contribution in [0.15, 0.2) is 42.5 Å². The van der Waals surface area contributed by atoms with Gasteiger partial charge >= 0.3 is 0 Å². The molecule has 2 rings (SSSR count). The first-order valence-corrected chi connectivity index (χ1v) is 7.07. The second kappa shape index (κ2) is 7.54. The van der Waals surface area contributed by atoms with E-state index in [0.29, 0.717) is 17.5 Å². The van der Waals surface area contributed by atoms with Gasteiger partial charge in [0.2, 0.25) is 11.8 Å². The van der Waals surface area contributed by atoms with Crippen molar-refractivity contribution < 1.29 is 23.1 Å². The van der Waals surface area contributed by atoms with Crippen molar-refractivity contribution in [3.63, 3.8) is 0 Å². The zero-order chi connectivity index (χ0) is 17.7. The van der Waals surface area contributed by atoms with Crippen LogP contribution in [0, 0.1) is 11.6 Å². The van der Waals surface area contributed by atoms with Crippen LogP contribution < -0.4 is 15.0 Å². The molecule has 1 N–H and O–H groups in total. The zero-order valence-corrected chi connectivity index (χ0v) is 13.2. The first-order chi connectivity index (χ1) is 11.4. The predicted molar refractivity (Wildman–Crippen MR) is 86.0 cm³/mol. The molecule has 2 aromatic carbocycles. The Morgan fingerprint density at radius 1 is 1.17 bits per heavy atom. The maximum Gasteiger partial charge on any atom is 0.244 e. The van der Waals surface area contributed by atoms with Gasteiger partial charge in [0.15, 0.2) is 0 Å². The van der Waals surface area contributed by atoms with E-state index in [4.69, 9.17) is 4.74 Å². The maximum atomic E-state index is 13.6. The molecule has 0 aliphatic carbocycles. The topological polar surface area (TPSA) is 58.6 Å². The molecule has 2 aromatic rings. The van der Waals surface area contributed by atoms with Crippen LogP contribution in [0.5, 0.6) is 5.75 Å². The summed E-state index contributed by atoms with van der Waals surface area (Å²) in [7, 11) is 1.49. The summed E-state index contributed by atoms with van der Waals surface area (Å²) < 4.78 is 31.5. The van der Waals surface area contributed by atoms with Crippen molar-refractivity contribution in [1.82, 2.24) is 0 Å². The molecule has 0 fully saturated rings. The highest BCUT2D eigenvalue weighted by Gasteiger charge is 2.17. The van der Waals surface area contributed by atoms with E-state index < -0.39 is 17.5 Å². The van der Waals surface area contributed by atoms with Crippen LogP contribution in [0.25, 0.3) is 0 Å². The van der Waals surface area contributed by atoms with Gasteiger partial charge in [-0.05, 0) is 24.3 Å². The standard InChI is InChI=1S/C17H16F2N2O3/c1-11(22)21(13-4-3-5-14(9-13)24-2)10-17(23)20-16-7-6-12(18)8-15(16)19/h3-9H,10H2,1-2H3,(H,20,23). The van der Waals surface area contributed by atoms with Crippen molar-refractivity contribution in [3.8, 4) is 5.75 Å². The lowest BCUT2D eigenvalue weighted by Gasteiger charge is -2.21. The number of hydrogen-bond acceptors (Lipinski definition) is 3. The maximum absolute atomic E-state index is 13.6. The van der Waals surface area contributed by atoms with Gasteiger partial charge in [0.25, 0.3) is 0 Å². The zero-order valence-electron chi connectivity index (χ0n) is 13.2. The van der Waals surface area contributed by atoms with E-state index >= 15 is 0 Å². The van der Waals surface area contributed by atoms with Crippen LogP contribution in [0.2, 0.25) is 0 Å². The van der Waals surface area contributed by atoms with Crippen molar-refractivity contribution >= 4 is 23.2 Å². The number of benzene rings is 2. The Bertz CT molecular complexity index is 765. The highest BCUT2D eigenvalue weighted by Crippen LogP contribution is 2.21. The molecule has 126 valence electrons. The smallest absolute Gasteiger partial charge is 0.244 e. The van der Waals surface area contributed by atoms with E-state index in [1.807, 2.05) is 0 Å². The van der Waals surface area contributed by atoms with Crippen LogP contribution in [0.3, 0.4) is 0 Å². The highest BCUT2D eigenvalue weighted by atomic mass is 19.1. The van der Waals surface area contributed by atoms with Crippen molar-refractivity contribution in [1.29, 1.82) is 0 Å². The number of nitrogens with one attached hydrogen (secondary N) is 1. The quantitative estimate of drug-likeness (QED) is 0.914. The number of hydrogen-bond donors (Lipinski definition) is 1. The number of methoxy groups -OCH3 is 1. The number of carbonyl (C=O) groups excluding carboxylic acids is 2. The number of carbonyl (C=O) groups is 2. The van der Waals surface area contributed by atoms with Gasteiger partial charge in [-0.1, -0.05) is 6.07 Å². The average Bonchev–Trinajstić information content (AvgIpc) is 2.55. The molecule has 0 aliphatic rings. The number of ether oxygens (including phenoxy) is 1. The lowest BCUT2D eigenvalue weighted by atomic mass is 10.2. The fraction of sp³-hybridized carbons (Fsp3) is 0.176. The Kier molecular flexibility index (Phi) is 5.47. The normalized spacial score (nSPS) is 10.2. The van der Waals surface area contributed by atoms with Gasteiger partial charge in [0, 0.05) is 24.7 Å². The van der Waals surface area contributed by atoms with Crippen LogP contribution in [0.1, 0.15) is 6.92 Å². The third-order valence-corrected chi connectivity index (χ3v) is 3.25. The third kappa shape index (κ3) is 4.28. The monoisotopic (exact) mass is 334 g/mol. The number of amides is 2. The van der Waals surface area contributed by atoms with Gasteiger partial charge in [-0.2, -0.15) is 0 Å². The van der Waals surface area contributed by atoms with E-state index in [1.165, 1.54) is 18.9 Å². The molecule has 0 spiro atoms. The second-order valence-corrected chi connectivity index (χ2v) is 4.98. The lowest BCUT2D eigenvalue weighted by Crippen LogP contribution is -2.36. The Labute approximate surface area is 137 Å². The molecule has 0 aromatic heterocycles. The van der Waals surface area contributed by atoms with Crippen molar-refractivity contribution in [3.05, 3.63) is 54.1 Å². The van der Waals surface area contributed by atoms with E-state index in [2.05, 4.69) is 5.32 Å². The van der Waals surface area contributed by atoms with E-state index in [-0.39, 0.29) is 18.1 Å². The molecule has 2 amide bonds. The predicted octanol–water partition coefficient (Wildman–Crippen LogP) is 2.97. The molecule has 0 unspecified atom stereocenters. The Balaban J connectivity index is 2.15. The summed E-state index contributed by atoms with van der Waals surface area (Å²) in [6, 6.07) is 9.45. The lowest BCUT2D eigenvalue weighted by molar-refractivity contribution is -0.120. The summed E-state index contributed by atoms with van der Waals surface area (Å²) in [4.78, 5) is 25.1. The minimum absolute atomic E-state index is 0.157. The van der Waals surface area contributed by atoms with E-state index in [0.717, 1.165) is 12.1 Å². The molecule has 0 aliphatic heterocycles. The number of nitrogens with zero attached hydrogens (tertiary/aromatic N) is 1. The molecule has 24 heavy (non-hydrogen) atoms. The summed E-state index contributed by atoms with van der Waals surface area (Å²) in [5.41, 5.74) is 0.312. The van der Waals surface area contributed by atoms with E-state index in [1.54, 1.807) is 24.3 Å². The van der Waals surface area contributed by atoms with Crippen LogP contribution >= 0.6 is 0 Å². The molecule has 0 saturated carbocycles. The molecular formula is C17H16F2N2O3. The van der Waals surface area contributed by atoms with Gasteiger partial charge in [0.05, 0.1) is 12.8 Å². The SMILES string of the molecule is COc1cccc(N(CC(=O)Nc2ccc(F)cc2F)C(C)=O)c1. The van der Waals surface area contributed by atoms with Gasteiger partial charge in [-0.3, -0.25) is 9.59 Å². The Morgan fingerprint density at radius 3 is 2.54 bits per heavy atom. The van der Waals surface area contributed by atoms with Crippen LogP contribution in [-0.2, 0) is 9.59 Å². The first-order valence-electron chi connectivity index (χ1n) is 7.07. The molecule has 0 heterocycles. The van der Waals surface area contributed by atoms with Crippen molar-refractivity contribution in [2.45, 2.75) is 6.92 Å². The largest absolute Gasteiger partial charge is 0.497 e. The van der Waals surface area contributed by atoms with Gasteiger partial charge in [0.1, 0.15) is 23.9 Å². The molecule has 7 heteroatoms. The summed E-state index contributed by atoms with van der Waals surface area (Å²) in [6.45, 7) is 0.991. The molecule has 0 radical (unpaired) electrons. The number of halogens is 2. The Morgan fingerprint density at radius 2 is 1.92 bits per heavy atom. The van der Waals surface area contributed by atoms with Crippen LogP contribution in [0.4, 0.5) is 20.2 Å². The summed E-state index contributed by atoms with van der Waals surface area (Å²) in [6.07, 6.45) is 0. The summed E-state index contributed by atoms with van der Waals surface area (Å²) in [5.74, 6) is -2.08. The highest BCUT2D eigenvalue weighted by molar-refractivity contribution is 6.01. The Hall–Kier alpha value is -2.96. The third-order valence-electron chi connectivity index (χ3n) is 3.25. The molecule has 5 nitrogen and oxygen atoms in total. The van der Waals surface area contributed by atoms with Crippen LogP contribution in [-0.4, -0.2) is 25.5 Å². The fourth-order valence-electron chi connectivity index (χ4n) is 2.09. The first kappa shape index (κ1) is 17.4.